The summed E-state index contributed by atoms with van der Waals surface area (Å²) >= 11 is 0. The Kier molecular flexibility index (Phi) is 7.79. The van der Waals surface area contributed by atoms with Gasteiger partial charge in [-0.2, -0.15) is 10.2 Å². The van der Waals surface area contributed by atoms with Crippen molar-refractivity contribution in [3.05, 3.63) is 48.0 Å². The van der Waals surface area contributed by atoms with Crippen LogP contribution in [-0.2, 0) is 25.7 Å². The number of aromatic nitrogens is 4. The van der Waals surface area contributed by atoms with Crippen LogP contribution in [0.25, 0.3) is 32.9 Å². The number of hydrogen-bond donors (Lipinski definition) is 3. The molecule has 2 heterocycles. The van der Waals surface area contributed by atoms with Crippen LogP contribution in [0.4, 0.5) is 4.39 Å². The number of hydrogen-bond acceptors (Lipinski definition) is 7. The number of aryl methyl sites for hydroxylation is 1. The van der Waals surface area contributed by atoms with Gasteiger partial charge in [0, 0.05) is 29.2 Å². The molecule has 0 aliphatic rings. The van der Waals surface area contributed by atoms with Crippen molar-refractivity contribution in [2.45, 2.75) is 33.2 Å². The van der Waals surface area contributed by atoms with Crippen LogP contribution in [0.3, 0.4) is 0 Å². The highest BCUT2D eigenvalue weighted by atomic mass is 19.1. The van der Waals surface area contributed by atoms with Gasteiger partial charge in [0.25, 0.3) is 0 Å². The zero-order valence-electron chi connectivity index (χ0n) is 21.2. The fourth-order valence-electron chi connectivity index (χ4n) is 4.21. The summed E-state index contributed by atoms with van der Waals surface area (Å²) in [6.45, 7) is 1.91. The molecule has 0 radical (unpaired) electrons. The van der Waals surface area contributed by atoms with Crippen molar-refractivity contribution < 1.29 is 33.5 Å². The summed E-state index contributed by atoms with van der Waals surface area (Å²) in [4.78, 5) is 58.6. The topological polar surface area (TPSA) is 165 Å². The maximum atomic E-state index is 15.3. The molecular weight excluding hydrogens is 511 g/mol. The quantitative estimate of drug-likeness (QED) is 0.276. The van der Waals surface area contributed by atoms with E-state index in [9.17, 15) is 24.0 Å². The molecule has 0 saturated carbocycles. The largest absolute Gasteiger partial charge is 0.480 e. The number of nitrogens with zero attached hydrogens (tertiary/aromatic N) is 4. The minimum absolute atomic E-state index is 0.0242. The summed E-state index contributed by atoms with van der Waals surface area (Å²) in [6.07, 6.45) is 1.44. The Morgan fingerprint density at radius 1 is 0.974 bits per heavy atom. The molecule has 4 aromatic rings. The van der Waals surface area contributed by atoms with Crippen molar-refractivity contribution in [1.29, 1.82) is 0 Å². The highest BCUT2D eigenvalue weighted by molar-refractivity contribution is 6.01. The average Bonchev–Trinajstić information content (AvgIpc) is 3.44. The summed E-state index contributed by atoms with van der Waals surface area (Å²) in [7, 11) is 0. The number of amides is 2. The molecule has 13 heteroatoms. The van der Waals surface area contributed by atoms with Crippen molar-refractivity contribution in [1.82, 2.24) is 30.2 Å². The summed E-state index contributed by atoms with van der Waals surface area (Å²) < 4.78 is 17.9. The van der Waals surface area contributed by atoms with E-state index in [1.807, 2.05) is 0 Å². The predicted molar refractivity (Wildman–Crippen MR) is 137 cm³/mol. The van der Waals surface area contributed by atoms with Gasteiger partial charge in [-0.3, -0.25) is 23.9 Å². The zero-order chi connectivity index (χ0) is 28.3. The molecule has 2 aromatic carbocycles. The van der Waals surface area contributed by atoms with E-state index in [4.69, 9.17) is 5.11 Å². The normalized spacial score (nSPS) is 11.1. The second-order valence-corrected chi connectivity index (χ2v) is 8.93. The molecule has 39 heavy (non-hydrogen) atoms. The Morgan fingerprint density at radius 2 is 1.72 bits per heavy atom. The third kappa shape index (κ3) is 5.98. The fraction of sp³-hybridized carbons (Fsp3) is 0.269. The van der Waals surface area contributed by atoms with Crippen molar-refractivity contribution in [3.63, 3.8) is 0 Å². The Bertz CT molecular complexity index is 1640. The van der Waals surface area contributed by atoms with Crippen LogP contribution in [0.1, 0.15) is 30.3 Å². The maximum Gasteiger partial charge on any atom is 0.322 e. The predicted octanol–water partition coefficient (Wildman–Crippen LogP) is 1.83. The average molecular weight is 537 g/mol. The molecule has 4 rings (SSSR count). The first-order valence-electron chi connectivity index (χ1n) is 12.0. The molecule has 3 N–H and O–H groups in total. The second-order valence-electron chi connectivity index (χ2n) is 8.93. The zero-order valence-corrected chi connectivity index (χ0v) is 21.2. The first kappa shape index (κ1) is 27.1. The second kappa shape index (κ2) is 11.2. The van der Waals surface area contributed by atoms with Gasteiger partial charge in [0.1, 0.15) is 24.7 Å². The smallest absolute Gasteiger partial charge is 0.322 e. The molecule has 0 unspecified atom stereocenters. The van der Waals surface area contributed by atoms with Crippen molar-refractivity contribution >= 4 is 51.3 Å². The van der Waals surface area contributed by atoms with E-state index in [1.165, 1.54) is 29.9 Å². The number of carbonyl (C=O) groups is 5. The van der Waals surface area contributed by atoms with E-state index in [0.717, 1.165) is 4.68 Å². The van der Waals surface area contributed by atoms with Gasteiger partial charge in [0.05, 0.1) is 29.5 Å². The van der Waals surface area contributed by atoms with E-state index in [2.05, 4.69) is 20.8 Å². The van der Waals surface area contributed by atoms with E-state index in [0.29, 0.717) is 33.1 Å². The lowest BCUT2D eigenvalue weighted by Crippen LogP contribution is -2.40. The molecule has 0 aliphatic carbocycles. The Balaban J connectivity index is 1.63. The van der Waals surface area contributed by atoms with Gasteiger partial charge in [0.15, 0.2) is 0 Å². The SMILES string of the molecule is CC(=O)CCC(=O)n1ncc2cc(F)c(-c3cccc4c3c(C)nn4CC(=O)NCC(=O)NCC(=O)O)cc21. The first-order valence-corrected chi connectivity index (χ1v) is 12.0. The number of rotatable bonds is 10. The van der Waals surface area contributed by atoms with Gasteiger partial charge < -0.3 is 20.5 Å². The highest BCUT2D eigenvalue weighted by Crippen LogP contribution is 2.34. The lowest BCUT2D eigenvalue weighted by atomic mass is 9.98. The molecule has 0 saturated heterocycles. The van der Waals surface area contributed by atoms with Crippen LogP contribution in [0.15, 0.2) is 36.5 Å². The number of nitrogens with one attached hydrogen (secondary N) is 2. The van der Waals surface area contributed by atoms with Crippen molar-refractivity contribution in [2.75, 3.05) is 13.1 Å². The van der Waals surface area contributed by atoms with Gasteiger partial charge in [-0.05, 0) is 37.6 Å². The number of Topliss-reactive ketones (excluding diaryl/α,β-unsaturated/α-hetero) is 1. The number of ketones is 1. The standard InChI is InChI=1S/C26H25FN6O6/c1-14(34)6-7-24(37)33-21-9-18(19(27)8-16(21)10-30-33)17-4-3-5-20-26(17)15(2)31-32(20)13-23(36)28-11-22(35)29-12-25(38)39/h3-5,8-10H,6-7,11-13H2,1-2H3,(H,28,36)(H,29,35)(H,38,39). The van der Waals surface area contributed by atoms with Crippen LogP contribution in [0.5, 0.6) is 0 Å². The number of carboxylic acids is 1. The summed E-state index contributed by atoms with van der Waals surface area (Å²) in [6, 6.07) is 7.92. The van der Waals surface area contributed by atoms with Crippen LogP contribution in [0, 0.1) is 12.7 Å². The molecule has 0 aliphatic heterocycles. The van der Waals surface area contributed by atoms with Crippen LogP contribution >= 0.6 is 0 Å². The molecule has 2 amide bonds. The molecule has 0 bridgehead atoms. The molecule has 0 fully saturated rings. The number of aliphatic carboxylic acids is 1. The van der Waals surface area contributed by atoms with Crippen LogP contribution < -0.4 is 10.6 Å². The summed E-state index contributed by atoms with van der Waals surface area (Å²) in [5.74, 6) is -3.44. The molecule has 12 nitrogen and oxygen atoms in total. The number of halogens is 1. The Hall–Kier alpha value is -4.94. The van der Waals surface area contributed by atoms with Crippen LogP contribution in [0.2, 0.25) is 0 Å². The lowest BCUT2D eigenvalue weighted by Gasteiger charge is -2.09. The monoisotopic (exact) mass is 536 g/mol. The Labute approximate surface area is 220 Å². The van der Waals surface area contributed by atoms with E-state index in [-0.39, 0.29) is 36.6 Å². The number of carbonyl (C=O) groups excluding carboxylic acids is 4. The molecule has 202 valence electrons. The maximum absolute atomic E-state index is 15.3. The lowest BCUT2D eigenvalue weighted by molar-refractivity contribution is -0.137. The van der Waals surface area contributed by atoms with Gasteiger partial charge in [-0.1, -0.05) is 12.1 Å². The minimum atomic E-state index is -1.21. The summed E-state index contributed by atoms with van der Waals surface area (Å²) in [5.41, 5.74) is 2.16. The third-order valence-corrected chi connectivity index (χ3v) is 6.00. The molecular formula is C26H25FN6O6. The third-order valence-electron chi connectivity index (χ3n) is 6.00. The van der Waals surface area contributed by atoms with Gasteiger partial charge in [-0.15, -0.1) is 0 Å². The van der Waals surface area contributed by atoms with E-state index in [1.54, 1.807) is 25.1 Å². The van der Waals surface area contributed by atoms with Crippen LogP contribution in [-0.4, -0.2) is 67.2 Å². The van der Waals surface area contributed by atoms with Gasteiger partial charge in [-0.25, -0.2) is 9.07 Å². The van der Waals surface area contributed by atoms with Gasteiger partial charge in [0.2, 0.25) is 17.7 Å². The first-order chi connectivity index (χ1) is 18.5. The number of carboxylic acid groups (broad SMARTS) is 1. The van der Waals surface area contributed by atoms with E-state index >= 15 is 4.39 Å². The van der Waals surface area contributed by atoms with Crippen molar-refractivity contribution in [2.24, 2.45) is 0 Å². The molecule has 2 aromatic heterocycles. The van der Waals surface area contributed by atoms with E-state index < -0.39 is 36.7 Å². The highest BCUT2D eigenvalue weighted by Gasteiger charge is 2.20. The summed E-state index contributed by atoms with van der Waals surface area (Å²) in [5, 5.41) is 22.7. The number of benzene rings is 2. The Morgan fingerprint density at radius 3 is 2.44 bits per heavy atom. The fourth-order valence-corrected chi connectivity index (χ4v) is 4.21. The molecule has 0 atom stereocenters. The minimum Gasteiger partial charge on any atom is -0.480 e. The molecule has 0 spiro atoms. The van der Waals surface area contributed by atoms with Gasteiger partial charge >= 0.3 is 5.97 Å². The van der Waals surface area contributed by atoms with Crippen molar-refractivity contribution in [3.8, 4) is 11.1 Å². The number of fused-ring (bicyclic) bond motifs is 2.